The lowest BCUT2D eigenvalue weighted by Crippen LogP contribution is -2.23. The van der Waals surface area contributed by atoms with Gasteiger partial charge in [0.1, 0.15) is 0 Å². The van der Waals surface area contributed by atoms with Crippen molar-refractivity contribution in [3.05, 3.63) is 0 Å². The number of aliphatic carboxylic acids is 2. The number of carboxylic acids is 2. The summed E-state index contributed by atoms with van der Waals surface area (Å²) in [5.74, 6) is -1.65. The van der Waals surface area contributed by atoms with Crippen LogP contribution in [0.25, 0.3) is 0 Å². The largest absolute Gasteiger partial charge is 0.481 e. The maximum absolute atomic E-state index is 10.1. The maximum Gasteiger partial charge on any atom is 0.317 e. The van der Waals surface area contributed by atoms with Gasteiger partial charge in [-0.1, -0.05) is 6.42 Å². The van der Waals surface area contributed by atoms with Crippen LogP contribution in [0, 0.1) is 0 Å². The lowest BCUT2D eigenvalue weighted by atomic mass is 10.2. The first kappa shape index (κ1) is 11.9. The van der Waals surface area contributed by atoms with Crippen molar-refractivity contribution >= 4 is 11.9 Å². The average molecular weight is 189 g/mol. The van der Waals surface area contributed by atoms with E-state index in [1.807, 2.05) is 0 Å². The molecule has 0 radical (unpaired) electrons. The third-order valence-corrected chi connectivity index (χ3v) is 1.52. The molecule has 3 N–H and O–H groups in total. The summed E-state index contributed by atoms with van der Waals surface area (Å²) in [6, 6.07) is 0. The summed E-state index contributed by atoms with van der Waals surface area (Å²) in [5.41, 5.74) is 0. The van der Waals surface area contributed by atoms with Gasteiger partial charge in [-0.15, -0.1) is 0 Å². The minimum absolute atomic E-state index is 0.0288. The second kappa shape index (κ2) is 7.54. The van der Waals surface area contributed by atoms with Crippen LogP contribution >= 0.6 is 0 Å². The second-order valence-corrected chi connectivity index (χ2v) is 2.77. The van der Waals surface area contributed by atoms with E-state index in [0.717, 1.165) is 12.8 Å². The molecular formula is C8H15NO4. The van der Waals surface area contributed by atoms with Gasteiger partial charge in [-0.25, -0.2) is 0 Å². The molecule has 0 amide bonds. The summed E-state index contributed by atoms with van der Waals surface area (Å²) in [6.07, 6.45) is 2.49. The van der Waals surface area contributed by atoms with E-state index >= 15 is 0 Å². The molecule has 5 nitrogen and oxygen atoms in total. The van der Waals surface area contributed by atoms with Gasteiger partial charge in [-0.2, -0.15) is 0 Å². The van der Waals surface area contributed by atoms with Crippen LogP contribution in [0.4, 0.5) is 0 Å². The van der Waals surface area contributed by atoms with Crippen molar-refractivity contribution in [1.29, 1.82) is 0 Å². The van der Waals surface area contributed by atoms with E-state index in [1.165, 1.54) is 0 Å². The lowest BCUT2D eigenvalue weighted by molar-refractivity contribution is -0.137. The minimum Gasteiger partial charge on any atom is -0.481 e. The molecule has 0 aromatic heterocycles. The Kier molecular flexibility index (Phi) is 6.91. The van der Waals surface area contributed by atoms with Gasteiger partial charge in [0.25, 0.3) is 0 Å². The summed E-state index contributed by atoms with van der Waals surface area (Å²) < 4.78 is 0. The third-order valence-electron chi connectivity index (χ3n) is 1.52. The molecule has 0 rings (SSSR count). The number of nitrogens with one attached hydrogen (secondary N) is 1. The number of hydrogen-bond acceptors (Lipinski definition) is 3. The van der Waals surface area contributed by atoms with Gasteiger partial charge in [0.15, 0.2) is 0 Å². The zero-order chi connectivity index (χ0) is 10.1. The topological polar surface area (TPSA) is 86.6 Å². The molecule has 0 saturated heterocycles. The van der Waals surface area contributed by atoms with Crippen LogP contribution < -0.4 is 5.32 Å². The van der Waals surface area contributed by atoms with E-state index < -0.39 is 11.9 Å². The van der Waals surface area contributed by atoms with E-state index in [0.29, 0.717) is 13.0 Å². The van der Waals surface area contributed by atoms with Crippen LogP contribution in [0.3, 0.4) is 0 Å². The number of rotatable bonds is 8. The first-order valence-corrected chi connectivity index (χ1v) is 4.27. The van der Waals surface area contributed by atoms with Crippen molar-refractivity contribution < 1.29 is 19.8 Å². The van der Waals surface area contributed by atoms with E-state index in [4.69, 9.17) is 10.2 Å². The third kappa shape index (κ3) is 10.9. The van der Waals surface area contributed by atoms with Crippen molar-refractivity contribution in [3.8, 4) is 0 Å². The highest BCUT2D eigenvalue weighted by Crippen LogP contribution is 1.98. The molecule has 0 spiro atoms. The van der Waals surface area contributed by atoms with Gasteiger partial charge in [0, 0.05) is 6.42 Å². The predicted molar refractivity (Wildman–Crippen MR) is 46.6 cm³/mol. The van der Waals surface area contributed by atoms with Crippen LogP contribution in [0.2, 0.25) is 0 Å². The van der Waals surface area contributed by atoms with Crippen LogP contribution in [-0.4, -0.2) is 35.2 Å². The average Bonchev–Trinajstić information content (AvgIpc) is 2.01. The predicted octanol–water partition coefficient (Wildman–Crippen LogP) is 0.306. The lowest BCUT2D eigenvalue weighted by Gasteiger charge is -2.00. The molecule has 0 aliphatic carbocycles. The molecule has 0 aliphatic heterocycles. The highest BCUT2D eigenvalue weighted by atomic mass is 16.4. The van der Waals surface area contributed by atoms with Crippen LogP contribution in [0.1, 0.15) is 25.7 Å². The van der Waals surface area contributed by atoms with Crippen molar-refractivity contribution in [2.24, 2.45) is 0 Å². The molecule has 0 aliphatic rings. The van der Waals surface area contributed by atoms with Crippen LogP contribution in [-0.2, 0) is 9.59 Å². The molecule has 0 bridgehead atoms. The van der Waals surface area contributed by atoms with Gasteiger partial charge in [0.05, 0.1) is 6.54 Å². The molecule has 76 valence electrons. The van der Waals surface area contributed by atoms with E-state index in [-0.39, 0.29) is 13.0 Å². The number of hydrogen-bond donors (Lipinski definition) is 3. The highest BCUT2D eigenvalue weighted by Gasteiger charge is 1.97. The zero-order valence-corrected chi connectivity index (χ0v) is 7.45. The zero-order valence-electron chi connectivity index (χ0n) is 7.45. The smallest absolute Gasteiger partial charge is 0.317 e. The summed E-state index contributed by atoms with van der Waals surface area (Å²) in [4.78, 5) is 20.1. The molecular weight excluding hydrogens is 174 g/mol. The molecule has 0 atom stereocenters. The Bertz CT molecular complexity index is 152. The van der Waals surface area contributed by atoms with Crippen LogP contribution in [0.15, 0.2) is 0 Å². The number of carbonyl (C=O) groups is 2. The summed E-state index contributed by atoms with van der Waals surface area (Å²) in [6.45, 7) is 0.602. The van der Waals surface area contributed by atoms with Gasteiger partial charge >= 0.3 is 11.9 Å². The fourth-order valence-electron chi connectivity index (χ4n) is 0.898. The number of unbranched alkanes of at least 4 members (excludes halogenated alkanes) is 2. The summed E-state index contributed by atoms with van der Waals surface area (Å²) >= 11 is 0. The molecule has 0 heterocycles. The molecule has 0 aromatic carbocycles. The monoisotopic (exact) mass is 189 g/mol. The van der Waals surface area contributed by atoms with Crippen LogP contribution in [0.5, 0.6) is 0 Å². The Morgan fingerprint density at radius 3 is 2.23 bits per heavy atom. The SMILES string of the molecule is O=C(O)CCCCCNCC(=O)O. The Labute approximate surface area is 76.8 Å². The molecule has 0 saturated carbocycles. The van der Waals surface area contributed by atoms with Gasteiger partial charge in [-0.05, 0) is 19.4 Å². The normalized spacial score (nSPS) is 9.85. The summed E-state index contributed by atoms with van der Waals surface area (Å²) in [7, 11) is 0. The molecule has 5 heteroatoms. The Morgan fingerprint density at radius 2 is 1.69 bits per heavy atom. The number of carboxylic acid groups (broad SMARTS) is 2. The molecule has 13 heavy (non-hydrogen) atoms. The Morgan fingerprint density at radius 1 is 1.00 bits per heavy atom. The first-order chi connectivity index (χ1) is 6.13. The Hall–Kier alpha value is -1.10. The Balaban J connectivity index is 3.00. The molecule has 0 fully saturated rings. The van der Waals surface area contributed by atoms with Gasteiger partial charge < -0.3 is 15.5 Å². The van der Waals surface area contributed by atoms with E-state index in [9.17, 15) is 9.59 Å². The van der Waals surface area contributed by atoms with Crippen molar-refractivity contribution in [3.63, 3.8) is 0 Å². The standard InChI is InChI=1S/C8H15NO4/c10-7(11)4-2-1-3-5-9-6-8(12)13/h9H,1-6H2,(H,10,11)(H,12,13). The minimum atomic E-state index is -0.870. The second-order valence-electron chi connectivity index (χ2n) is 2.77. The highest BCUT2D eigenvalue weighted by molar-refractivity contribution is 5.69. The maximum atomic E-state index is 10.1. The van der Waals surface area contributed by atoms with Crippen molar-refractivity contribution in [1.82, 2.24) is 5.32 Å². The van der Waals surface area contributed by atoms with Gasteiger partial charge in [0.2, 0.25) is 0 Å². The van der Waals surface area contributed by atoms with E-state index in [2.05, 4.69) is 5.32 Å². The molecule has 0 aromatic rings. The fourth-order valence-corrected chi connectivity index (χ4v) is 0.898. The van der Waals surface area contributed by atoms with Crippen molar-refractivity contribution in [2.45, 2.75) is 25.7 Å². The summed E-state index contributed by atoms with van der Waals surface area (Å²) in [5, 5.41) is 19.3. The first-order valence-electron chi connectivity index (χ1n) is 4.27. The quantitative estimate of drug-likeness (QED) is 0.478. The fraction of sp³-hybridized carbons (Fsp3) is 0.750. The van der Waals surface area contributed by atoms with Gasteiger partial charge in [-0.3, -0.25) is 9.59 Å². The molecule has 0 unspecified atom stereocenters. The van der Waals surface area contributed by atoms with Crippen molar-refractivity contribution in [2.75, 3.05) is 13.1 Å². The van der Waals surface area contributed by atoms with E-state index in [1.54, 1.807) is 0 Å².